The lowest BCUT2D eigenvalue weighted by Gasteiger charge is -2.16. The van der Waals surface area contributed by atoms with E-state index in [1.807, 2.05) is 0 Å². The summed E-state index contributed by atoms with van der Waals surface area (Å²) >= 11 is 0. The summed E-state index contributed by atoms with van der Waals surface area (Å²) in [5, 5.41) is 2.85. The number of nitrogens with one attached hydrogen (secondary N) is 1. The van der Waals surface area contributed by atoms with Gasteiger partial charge in [-0.25, -0.2) is 22.1 Å². The third-order valence-corrected chi connectivity index (χ3v) is 6.47. The molecule has 0 unspecified atom stereocenters. The molecule has 8 nitrogen and oxygen atoms in total. The van der Waals surface area contributed by atoms with Crippen molar-refractivity contribution in [3.05, 3.63) is 70.5 Å². The number of hydrogen-bond donors (Lipinski definition) is 1. The van der Waals surface area contributed by atoms with Crippen molar-refractivity contribution in [3.63, 3.8) is 0 Å². The van der Waals surface area contributed by atoms with Crippen LogP contribution in [-0.4, -0.2) is 42.3 Å². The van der Waals surface area contributed by atoms with Gasteiger partial charge in [0.1, 0.15) is 12.4 Å². The van der Waals surface area contributed by atoms with Crippen molar-refractivity contribution in [1.29, 1.82) is 0 Å². The summed E-state index contributed by atoms with van der Waals surface area (Å²) in [5.41, 5.74) is 0.534. The average molecular weight is 432 g/mol. The Hall–Kier alpha value is -3.11. The van der Waals surface area contributed by atoms with Gasteiger partial charge in [0.05, 0.1) is 28.2 Å². The molecule has 0 aliphatic heterocycles. The third kappa shape index (κ3) is 4.39. The first kappa shape index (κ1) is 21.6. The Labute approximate surface area is 173 Å². The number of halogens is 1. The molecule has 0 radical (unpaired) electrons. The standard InChI is InChI=1S/C20H21FN4O4S/c1-13(14-4-7-16(8-5-14)30(28,29)24(2)3)23-19(26)11-25-12-22-18-9-6-15(21)10-17(18)20(25)27/h4-10,12-13H,11H2,1-3H3,(H,23,26)/t13-/m1/s1. The van der Waals surface area contributed by atoms with Crippen LogP contribution in [0.1, 0.15) is 18.5 Å². The van der Waals surface area contributed by atoms with Crippen molar-refractivity contribution in [2.75, 3.05) is 14.1 Å². The monoisotopic (exact) mass is 432 g/mol. The fourth-order valence-electron chi connectivity index (χ4n) is 2.91. The molecule has 3 aromatic rings. The number of carbonyl (C=O) groups excluding carboxylic acids is 1. The highest BCUT2D eigenvalue weighted by Crippen LogP contribution is 2.18. The van der Waals surface area contributed by atoms with Crippen LogP contribution in [0.15, 0.2) is 58.5 Å². The first-order valence-electron chi connectivity index (χ1n) is 9.06. The average Bonchev–Trinajstić information content (AvgIpc) is 2.70. The summed E-state index contributed by atoms with van der Waals surface area (Å²) < 4.78 is 39.9. The summed E-state index contributed by atoms with van der Waals surface area (Å²) in [5.74, 6) is -0.996. The number of benzene rings is 2. The van der Waals surface area contributed by atoms with Crippen LogP contribution in [0.5, 0.6) is 0 Å². The van der Waals surface area contributed by atoms with Crippen molar-refractivity contribution in [1.82, 2.24) is 19.2 Å². The lowest BCUT2D eigenvalue weighted by molar-refractivity contribution is -0.122. The topological polar surface area (TPSA) is 101 Å². The number of nitrogens with zero attached hydrogens (tertiary/aromatic N) is 3. The van der Waals surface area contributed by atoms with E-state index in [1.54, 1.807) is 19.1 Å². The van der Waals surface area contributed by atoms with Crippen LogP contribution < -0.4 is 10.9 Å². The van der Waals surface area contributed by atoms with Crippen LogP contribution in [0.3, 0.4) is 0 Å². The number of hydrogen-bond acceptors (Lipinski definition) is 5. The van der Waals surface area contributed by atoms with Crippen molar-refractivity contribution in [2.24, 2.45) is 0 Å². The Bertz CT molecular complexity index is 1250. The summed E-state index contributed by atoms with van der Waals surface area (Å²) in [6, 6.07) is 9.46. The predicted octanol–water partition coefficient (Wildman–Crippen LogP) is 1.66. The van der Waals surface area contributed by atoms with E-state index in [9.17, 15) is 22.4 Å². The molecular formula is C20H21FN4O4S. The maximum absolute atomic E-state index is 13.4. The summed E-state index contributed by atoms with van der Waals surface area (Å²) in [6.07, 6.45) is 1.24. The molecule has 30 heavy (non-hydrogen) atoms. The van der Waals surface area contributed by atoms with E-state index in [4.69, 9.17) is 0 Å². The number of amides is 1. The molecule has 1 N–H and O–H groups in total. The molecule has 0 aliphatic rings. The van der Waals surface area contributed by atoms with Gasteiger partial charge >= 0.3 is 0 Å². The molecule has 0 fully saturated rings. The molecule has 0 spiro atoms. The molecule has 158 valence electrons. The van der Waals surface area contributed by atoms with E-state index in [2.05, 4.69) is 10.3 Å². The second kappa shape index (κ2) is 8.33. The first-order valence-corrected chi connectivity index (χ1v) is 10.5. The Morgan fingerprint density at radius 1 is 1.20 bits per heavy atom. The van der Waals surface area contributed by atoms with Crippen LogP contribution >= 0.6 is 0 Å². The van der Waals surface area contributed by atoms with Gasteiger partial charge in [-0.3, -0.25) is 14.2 Å². The maximum Gasteiger partial charge on any atom is 0.261 e. The Morgan fingerprint density at radius 3 is 2.50 bits per heavy atom. The summed E-state index contributed by atoms with van der Waals surface area (Å²) in [7, 11) is -0.638. The van der Waals surface area contributed by atoms with Gasteiger partial charge < -0.3 is 5.32 Å². The third-order valence-electron chi connectivity index (χ3n) is 4.64. The second-order valence-electron chi connectivity index (χ2n) is 6.98. The van der Waals surface area contributed by atoms with Crippen LogP contribution in [0.25, 0.3) is 10.9 Å². The van der Waals surface area contributed by atoms with E-state index in [0.29, 0.717) is 11.1 Å². The minimum absolute atomic E-state index is 0.0936. The van der Waals surface area contributed by atoms with E-state index < -0.39 is 33.3 Å². The van der Waals surface area contributed by atoms with Gasteiger partial charge in [-0.1, -0.05) is 12.1 Å². The van der Waals surface area contributed by atoms with Gasteiger partial charge in [-0.05, 0) is 42.8 Å². The van der Waals surface area contributed by atoms with Gasteiger partial charge in [0, 0.05) is 14.1 Å². The van der Waals surface area contributed by atoms with Crippen LogP contribution in [0.4, 0.5) is 4.39 Å². The molecule has 1 atom stereocenters. The molecule has 1 heterocycles. The minimum atomic E-state index is -3.53. The highest BCUT2D eigenvalue weighted by molar-refractivity contribution is 7.89. The Morgan fingerprint density at radius 2 is 1.87 bits per heavy atom. The number of fused-ring (bicyclic) bond motifs is 1. The predicted molar refractivity (Wildman–Crippen MR) is 110 cm³/mol. The van der Waals surface area contributed by atoms with E-state index >= 15 is 0 Å². The molecule has 0 saturated carbocycles. The molecule has 1 aromatic heterocycles. The Balaban J connectivity index is 1.73. The number of rotatable bonds is 6. The molecule has 0 saturated heterocycles. The zero-order valence-corrected chi connectivity index (χ0v) is 17.5. The van der Waals surface area contributed by atoms with Gasteiger partial charge in [0.2, 0.25) is 15.9 Å². The van der Waals surface area contributed by atoms with Crippen molar-refractivity contribution in [3.8, 4) is 0 Å². The van der Waals surface area contributed by atoms with Crippen molar-refractivity contribution in [2.45, 2.75) is 24.4 Å². The maximum atomic E-state index is 13.4. The van der Waals surface area contributed by atoms with Crippen molar-refractivity contribution >= 4 is 26.8 Å². The van der Waals surface area contributed by atoms with E-state index in [1.165, 1.54) is 44.7 Å². The molecule has 1 amide bonds. The van der Waals surface area contributed by atoms with Gasteiger partial charge in [-0.2, -0.15) is 0 Å². The van der Waals surface area contributed by atoms with Gasteiger partial charge in [0.25, 0.3) is 5.56 Å². The fraction of sp³-hybridized carbons (Fsp3) is 0.250. The second-order valence-corrected chi connectivity index (χ2v) is 9.14. The van der Waals surface area contributed by atoms with E-state index in [-0.39, 0.29) is 16.8 Å². The number of sulfonamides is 1. The molecule has 2 aromatic carbocycles. The molecule has 0 aliphatic carbocycles. The van der Waals surface area contributed by atoms with Gasteiger partial charge in [0.15, 0.2) is 0 Å². The van der Waals surface area contributed by atoms with Crippen molar-refractivity contribution < 1.29 is 17.6 Å². The van der Waals surface area contributed by atoms with Crippen LogP contribution in [0, 0.1) is 5.82 Å². The van der Waals surface area contributed by atoms with Crippen LogP contribution in [0.2, 0.25) is 0 Å². The Kier molecular flexibility index (Phi) is 5.99. The van der Waals surface area contributed by atoms with Gasteiger partial charge in [-0.15, -0.1) is 0 Å². The fourth-order valence-corrected chi connectivity index (χ4v) is 3.81. The SMILES string of the molecule is C[C@@H](NC(=O)Cn1cnc2ccc(F)cc2c1=O)c1ccc(S(=O)(=O)N(C)C)cc1. The normalized spacial score (nSPS) is 12.8. The molecule has 0 bridgehead atoms. The zero-order valence-electron chi connectivity index (χ0n) is 16.7. The first-order chi connectivity index (χ1) is 14.1. The molecule has 3 rings (SSSR count). The lowest BCUT2D eigenvalue weighted by atomic mass is 10.1. The number of carbonyl (C=O) groups is 1. The largest absolute Gasteiger partial charge is 0.348 e. The lowest BCUT2D eigenvalue weighted by Crippen LogP contribution is -2.34. The highest BCUT2D eigenvalue weighted by Gasteiger charge is 2.18. The molecular weight excluding hydrogens is 411 g/mol. The van der Waals surface area contributed by atoms with E-state index in [0.717, 1.165) is 14.9 Å². The van der Waals surface area contributed by atoms with Crippen LogP contribution in [-0.2, 0) is 21.4 Å². The number of aromatic nitrogens is 2. The quantitative estimate of drug-likeness (QED) is 0.638. The summed E-state index contributed by atoms with van der Waals surface area (Å²) in [4.78, 5) is 29.1. The molecule has 10 heteroatoms. The zero-order chi connectivity index (χ0) is 22.1. The smallest absolute Gasteiger partial charge is 0.261 e. The summed E-state index contributed by atoms with van der Waals surface area (Å²) in [6.45, 7) is 1.46. The highest BCUT2D eigenvalue weighted by atomic mass is 32.2. The minimum Gasteiger partial charge on any atom is -0.348 e.